The smallest absolute Gasteiger partial charge is 0.237 e. The quantitative estimate of drug-likeness (QED) is 0.458. The Morgan fingerprint density at radius 2 is 1.71 bits per heavy atom. The van der Waals surface area contributed by atoms with Crippen LogP contribution in [0.4, 0.5) is 11.4 Å². The molecule has 1 unspecified atom stereocenters. The minimum atomic E-state index is -0.857. The highest BCUT2D eigenvalue weighted by atomic mass is 16.3. The van der Waals surface area contributed by atoms with Crippen LogP contribution >= 0.6 is 0 Å². The van der Waals surface area contributed by atoms with Crippen LogP contribution in [-0.2, 0) is 15.0 Å². The fourth-order valence-corrected chi connectivity index (χ4v) is 5.11. The lowest BCUT2D eigenvalue weighted by Crippen LogP contribution is -2.47. The highest BCUT2D eigenvalue weighted by Crippen LogP contribution is 2.43. The van der Waals surface area contributed by atoms with Gasteiger partial charge in [0.1, 0.15) is 0 Å². The van der Waals surface area contributed by atoms with Gasteiger partial charge in [-0.25, -0.2) is 0 Å². The van der Waals surface area contributed by atoms with Crippen molar-refractivity contribution in [3.8, 4) is 0 Å². The van der Waals surface area contributed by atoms with Gasteiger partial charge in [-0.05, 0) is 43.5 Å². The van der Waals surface area contributed by atoms with Crippen molar-refractivity contribution < 1.29 is 14.7 Å². The van der Waals surface area contributed by atoms with E-state index in [4.69, 9.17) is 0 Å². The zero-order chi connectivity index (χ0) is 24.1. The normalized spacial score (nSPS) is 21.1. The number of aliphatic hydroxyl groups is 1. The predicted octanol–water partition coefficient (Wildman–Crippen LogP) is 3.40. The van der Waals surface area contributed by atoms with Crippen LogP contribution in [0.3, 0.4) is 0 Å². The summed E-state index contributed by atoms with van der Waals surface area (Å²) in [6.07, 6.45) is 3.41. The van der Waals surface area contributed by atoms with Crippen LogP contribution in [0.5, 0.6) is 0 Å². The van der Waals surface area contributed by atoms with E-state index in [0.717, 1.165) is 43.0 Å². The molecule has 2 heterocycles. The van der Waals surface area contributed by atoms with Crippen molar-refractivity contribution in [3.05, 3.63) is 71.8 Å². The fourth-order valence-electron chi connectivity index (χ4n) is 5.11. The van der Waals surface area contributed by atoms with Crippen LogP contribution < -0.4 is 9.80 Å². The largest absolute Gasteiger partial charge is 0.396 e. The number of hydrogen-bond acceptors (Lipinski definition) is 5. The summed E-state index contributed by atoms with van der Waals surface area (Å²) in [5.41, 5.74) is 2.92. The molecule has 1 atom stereocenters. The molecule has 0 radical (unpaired) electrons. The first kappa shape index (κ1) is 24.2. The molecule has 0 bridgehead atoms. The number of Topliss-reactive ketones (excluding diaryl/α,β-unsaturated/α-hetero) is 1. The molecule has 1 amide bonds. The average Bonchev–Trinajstić information content (AvgIpc) is 3.05. The maximum atomic E-state index is 13.6. The van der Waals surface area contributed by atoms with Gasteiger partial charge in [0.15, 0.2) is 5.78 Å². The van der Waals surface area contributed by atoms with Gasteiger partial charge in [0.05, 0.1) is 5.41 Å². The average molecular weight is 462 g/mol. The number of fused-ring (bicyclic) bond motifs is 1. The van der Waals surface area contributed by atoms with Crippen LogP contribution in [0.2, 0.25) is 0 Å². The summed E-state index contributed by atoms with van der Waals surface area (Å²) in [4.78, 5) is 33.1. The molecule has 2 aromatic rings. The van der Waals surface area contributed by atoms with Gasteiger partial charge in [0.25, 0.3) is 0 Å². The molecule has 1 saturated heterocycles. The van der Waals surface area contributed by atoms with Gasteiger partial charge in [-0.15, -0.1) is 0 Å². The summed E-state index contributed by atoms with van der Waals surface area (Å²) in [5.74, 6) is -0.0161. The zero-order valence-electron chi connectivity index (χ0n) is 20.2. The van der Waals surface area contributed by atoms with E-state index in [9.17, 15) is 14.7 Å². The van der Waals surface area contributed by atoms with E-state index in [2.05, 4.69) is 34.1 Å². The number of carbonyl (C=O) groups is 2. The molecule has 4 rings (SSSR count). The Kier molecular flexibility index (Phi) is 7.49. The van der Waals surface area contributed by atoms with Crippen LogP contribution in [0.15, 0.2) is 66.2 Å². The van der Waals surface area contributed by atoms with Crippen molar-refractivity contribution in [2.75, 3.05) is 56.2 Å². The lowest BCUT2D eigenvalue weighted by Gasteiger charge is -2.36. The summed E-state index contributed by atoms with van der Waals surface area (Å²) >= 11 is 0. The van der Waals surface area contributed by atoms with Gasteiger partial charge in [-0.2, -0.15) is 0 Å². The summed E-state index contributed by atoms with van der Waals surface area (Å²) in [7, 11) is 1.78. The molecule has 34 heavy (non-hydrogen) atoms. The van der Waals surface area contributed by atoms with E-state index in [0.29, 0.717) is 19.4 Å². The van der Waals surface area contributed by atoms with Gasteiger partial charge in [-0.1, -0.05) is 42.5 Å². The standard InChI is InChI=1S/C28H35N3O3/c1-28(24-13-6-7-14-25(24)29(2)27(28)34)20-26(33)22(10-8-9-19-32)21-30-15-17-31(18-16-30)23-11-4-3-5-12-23/h3-7,10-14,32H,8-9,15-21H2,1-2H3/b22-10-. The molecule has 6 heteroatoms. The number of anilines is 2. The van der Waals surface area contributed by atoms with E-state index in [1.54, 1.807) is 11.9 Å². The summed E-state index contributed by atoms with van der Waals surface area (Å²) in [6, 6.07) is 18.2. The highest BCUT2D eigenvalue weighted by molar-refractivity contribution is 6.11. The number of piperazine rings is 1. The van der Waals surface area contributed by atoms with Gasteiger partial charge in [-0.3, -0.25) is 14.5 Å². The van der Waals surface area contributed by atoms with Gasteiger partial charge < -0.3 is 14.9 Å². The number of ketones is 1. The van der Waals surface area contributed by atoms with Crippen LogP contribution in [-0.4, -0.2) is 68.1 Å². The molecular weight excluding hydrogens is 426 g/mol. The summed E-state index contributed by atoms with van der Waals surface area (Å²) < 4.78 is 0. The Labute approximate surface area is 202 Å². The summed E-state index contributed by atoms with van der Waals surface area (Å²) in [5, 5.41) is 9.24. The number of amides is 1. The number of carbonyl (C=O) groups excluding carboxylic acids is 2. The van der Waals surface area contributed by atoms with Crippen LogP contribution in [0, 0.1) is 0 Å². The Morgan fingerprint density at radius 3 is 2.41 bits per heavy atom. The molecule has 2 aromatic carbocycles. The third-order valence-corrected chi connectivity index (χ3v) is 7.15. The molecule has 180 valence electrons. The van der Waals surface area contributed by atoms with Crippen molar-refractivity contribution in [1.29, 1.82) is 0 Å². The van der Waals surface area contributed by atoms with Crippen molar-refractivity contribution in [2.24, 2.45) is 0 Å². The second kappa shape index (κ2) is 10.5. The maximum absolute atomic E-state index is 13.6. The Bertz CT molecular complexity index is 1040. The van der Waals surface area contributed by atoms with Gasteiger partial charge in [0.2, 0.25) is 5.91 Å². The number of nitrogens with zero attached hydrogens (tertiary/aromatic N) is 3. The van der Waals surface area contributed by atoms with Crippen molar-refractivity contribution >= 4 is 23.1 Å². The van der Waals surface area contributed by atoms with Crippen molar-refractivity contribution in [1.82, 2.24) is 4.90 Å². The number of aliphatic hydroxyl groups excluding tert-OH is 1. The molecule has 2 aliphatic heterocycles. The molecule has 2 aliphatic rings. The number of benzene rings is 2. The third kappa shape index (κ3) is 4.93. The van der Waals surface area contributed by atoms with Crippen LogP contribution in [0.25, 0.3) is 0 Å². The monoisotopic (exact) mass is 461 g/mol. The SMILES string of the molecule is CN1C(=O)C(C)(CC(=O)/C(=C\CCCO)CN2CCN(c3ccccc3)CC2)c2ccccc21. The predicted molar refractivity (Wildman–Crippen MR) is 136 cm³/mol. The van der Waals surface area contributed by atoms with Crippen LogP contribution in [0.1, 0.15) is 31.7 Å². The number of likely N-dealkylation sites (N-methyl/N-ethyl adjacent to an activating group) is 1. The number of unbranched alkanes of at least 4 members (excludes halogenated alkanes) is 1. The van der Waals surface area contributed by atoms with E-state index in [1.165, 1.54) is 5.69 Å². The molecule has 0 aliphatic carbocycles. The van der Waals surface area contributed by atoms with E-state index in [-0.39, 0.29) is 24.7 Å². The molecule has 6 nitrogen and oxygen atoms in total. The molecule has 1 N–H and O–H groups in total. The minimum absolute atomic E-state index is 0.0179. The molecule has 0 aromatic heterocycles. The summed E-state index contributed by atoms with van der Waals surface area (Å²) in [6.45, 7) is 6.14. The number of hydrogen-bond donors (Lipinski definition) is 1. The second-order valence-corrected chi connectivity index (χ2v) is 9.51. The Morgan fingerprint density at radius 1 is 1.03 bits per heavy atom. The molecule has 0 saturated carbocycles. The number of para-hydroxylation sites is 2. The van der Waals surface area contributed by atoms with E-state index < -0.39 is 5.41 Å². The zero-order valence-corrected chi connectivity index (χ0v) is 20.2. The number of allylic oxidation sites excluding steroid dienone is 1. The van der Waals surface area contributed by atoms with Gasteiger partial charge >= 0.3 is 0 Å². The Hall–Kier alpha value is -2.96. The first-order valence-electron chi connectivity index (χ1n) is 12.2. The maximum Gasteiger partial charge on any atom is 0.237 e. The molecule has 0 spiro atoms. The number of rotatable bonds is 9. The third-order valence-electron chi connectivity index (χ3n) is 7.15. The lowest BCUT2D eigenvalue weighted by atomic mass is 9.78. The lowest BCUT2D eigenvalue weighted by molar-refractivity contribution is -0.126. The molecule has 1 fully saturated rings. The fraction of sp³-hybridized carbons (Fsp3) is 0.429. The van der Waals surface area contributed by atoms with E-state index in [1.807, 2.05) is 43.3 Å². The molecular formula is C28H35N3O3. The van der Waals surface area contributed by atoms with Gasteiger partial charge in [0, 0.05) is 69.7 Å². The first-order chi connectivity index (χ1) is 16.4. The topological polar surface area (TPSA) is 64.1 Å². The second-order valence-electron chi connectivity index (χ2n) is 9.51. The highest BCUT2D eigenvalue weighted by Gasteiger charge is 2.47. The Balaban J connectivity index is 1.46. The first-order valence-corrected chi connectivity index (χ1v) is 12.2. The van der Waals surface area contributed by atoms with Crippen molar-refractivity contribution in [2.45, 2.75) is 31.6 Å². The van der Waals surface area contributed by atoms with Crippen molar-refractivity contribution in [3.63, 3.8) is 0 Å². The van der Waals surface area contributed by atoms with E-state index >= 15 is 0 Å². The minimum Gasteiger partial charge on any atom is -0.396 e.